The molecule has 0 aromatic carbocycles. The van der Waals surface area contributed by atoms with Crippen molar-refractivity contribution in [3.8, 4) is 28.4 Å². The van der Waals surface area contributed by atoms with Crippen molar-refractivity contribution in [2.24, 2.45) is 11.8 Å². The fraction of sp³-hybridized carbons (Fsp3) is 0.486. The number of aromatic nitrogens is 6. The fourth-order valence-corrected chi connectivity index (χ4v) is 6.94. The average molecular weight is 709 g/mol. The smallest absolute Gasteiger partial charge is 0.225 e. The lowest BCUT2D eigenvalue weighted by atomic mass is 10.0. The van der Waals surface area contributed by atoms with Gasteiger partial charge in [0.05, 0.1) is 12.8 Å². The first-order chi connectivity index (χ1) is 24.6. The molecule has 272 valence electrons. The molecule has 2 fully saturated rings. The van der Waals surface area contributed by atoms with E-state index in [1.165, 1.54) is 38.4 Å². The molecular weight excluding hydrogens is 665 g/mol. The van der Waals surface area contributed by atoms with Crippen LogP contribution in [-0.2, 0) is 9.59 Å². The summed E-state index contributed by atoms with van der Waals surface area (Å²) in [6.45, 7) is 8.59. The highest BCUT2D eigenvalue weighted by molar-refractivity contribution is 5.91. The van der Waals surface area contributed by atoms with Gasteiger partial charge in [-0.15, -0.1) is 0 Å². The Kier molecular flexibility index (Phi) is 11.3. The Balaban J connectivity index is 0.980. The van der Waals surface area contributed by atoms with E-state index in [1.807, 2.05) is 13.8 Å². The average Bonchev–Trinajstić information content (AvgIpc) is 3.91. The summed E-state index contributed by atoms with van der Waals surface area (Å²) >= 11 is 0. The van der Waals surface area contributed by atoms with Gasteiger partial charge in [0.2, 0.25) is 17.7 Å². The number of halogens is 3. The zero-order chi connectivity index (χ0) is 36.1. The van der Waals surface area contributed by atoms with E-state index in [0.29, 0.717) is 37.5 Å². The van der Waals surface area contributed by atoms with Gasteiger partial charge in [0.25, 0.3) is 0 Å². The molecule has 13 nitrogen and oxygen atoms in total. The van der Waals surface area contributed by atoms with Crippen LogP contribution in [0.1, 0.15) is 57.6 Å². The highest BCUT2D eigenvalue weighted by Crippen LogP contribution is 2.32. The van der Waals surface area contributed by atoms with Gasteiger partial charge < -0.3 is 25.2 Å². The van der Waals surface area contributed by atoms with Crippen molar-refractivity contribution in [2.75, 3.05) is 57.0 Å². The van der Waals surface area contributed by atoms with Gasteiger partial charge in [0.15, 0.2) is 23.3 Å². The lowest BCUT2D eigenvalue weighted by molar-refractivity contribution is -0.118. The summed E-state index contributed by atoms with van der Waals surface area (Å²) in [6.07, 6.45) is 6.21. The summed E-state index contributed by atoms with van der Waals surface area (Å²) in [5, 5.41) is 18.1. The van der Waals surface area contributed by atoms with Gasteiger partial charge in [-0.2, -0.15) is 10.2 Å². The maximum atomic E-state index is 15.4. The second-order valence-electron chi connectivity index (χ2n) is 13.7. The molecule has 4 N–H and O–H groups in total. The molecule has 2 aliphatic heterocycles. The first kappa shape index (κ1) is 36.0. The first-order valence-electron chi connectivity index (χ1n) is 17.3. The van der Waals surface area contributed by atoms with Crippen LogP contribution in [0.15, 0.2) is 30.6 Å². The van der Waals surface area contributed by atoms with E-state index in [9.17, 15) is 14.0 Å². The Labute approximate surface area is 293 Å². The summed E-state index contributed by atoms with van der Waals surface area (Å²) in [7, 11) is 1.48. The Morgan fingerprint density at radius 3 is 2.02 bits per heavy atom. The second-order valence-corrected chi connectivity index (χ2v) is 13.7. The third-order valence-corrected chi connectivity index (χ3v) is 9.39. The Morgan fingerprint density at radius 1 is 0.863 bits per heavy atom. The van der Waals surface area contributed by atoms with Gasteiger partial charge in [-0.1, -0.05) is 13.8 Å². The number of nitrogens with zero attached hydrogens (tertiary/aromatic N) is 6. The van der Waals surface area contributed by atoms with Crippen molar-refractivity contribution in [1.29, 1.82) is 0 Å². The van der Waals surface area contributed by atoms with Gasteiger partial charge >= 0.3 is 0 Å². The van der Waals surface area contributed by atoms with E-state index in [2.05, 4.69) is 50.8 Å². The molecule has 2 saturated heterocycles. The topological polar surface area (TPSA) is 157 Å². The number of hydrogen-bond acceptors (Lipinski definition) is 9. The van der Waals surface area contributed by atoms with Crippen LogP contribution in [0.2, 0.25) is 0 Å². The summed E-state index contributed by atoms with van der Waals surface area (Å²) < 4.78 is 50.6. The normalized spacial score (nSPS) is 17.8. The number of H-pyrrole nitrogens is 2. The third kappa shape index (κ3) is 8.73. The molecule has 0 bridgehead atoms. The van der Waals surface area contributed by atoms with Crippen molar-refractivity contribution in [3.63, 3.8) is 0 Å². The van der Waals surface area contributed by atoms with E-state index < -0.39 is 17.5 Å². The zero-order valence-electron chi connectivity index (χ0n) is 28.9. The number of hydrogen-bond donors (Lipinski definition) is 4. The molecule has 16 heteroatoms. The lowest BCUT2D eigenvalue weighted by Crippen LogP contribution is -2.28. The van der Waals surface area contributed by atoms with Gasteiger partial charge in [0.1, 0.15) is 17.2 Å². The number of amides is 2. The standard InChI is InChI=1S/C35H43F3N10O3/c1-20(17-47-9-4-5-10-47)12-26(49)42-35-30(38)33(44-46-35)24-14-25(36)31(40-16-24)23-8-11-48(19-23)18-21(2)13-27(50)41-34-29(37)32(43-45-34)22-6-7-28(51-3)39-15-22/h6-7,14-16,20-21,23H,4-5,8-13,17-19H2,1-3H3,(H2,41,43,45,50)(H2,42,44,46,49). The predicted octanol–water partition coefficient (Wildman–Crippen LogP) is 5.20. The minimum Gasteiger partial charge on any atom is -0.481 e. The molecule has 0 aliphatic carbocycles. The number of nitrogens with one attached hydrogen (secondary N) is 4. The molecule has 2 amide bonds. The molecule has 2 aliphatic rings. The Morgan fingerprint density at radius 2 is 1.45 bits per heavy atom. The number of carbonyl (C=O) groups excluding carboxylic acids is 2. The van der Waals surface area contributed by atoms with Crippen LogP contribution in [0.5, 0.6) is 5.88 Å². The monoisotopic (exact) mass is 708 g/mol. The predicted molar refractivity (Wildman–Crippen MR) is 184 cm³/mol. The highest BCUT2D eigenvalue weighted by atomic mass is 19.1. The van der Waals surface area contributed by atoms with Crippen LogP contribution in [-0.4, -0.2) is 98.4 Å². The van der Waals surface area contributed by atoms with E-state index in [1.54, 1.807) is 12.1 Å². The molecule has 4 aromatic rings. The van der Waals surface area contributed by atoms with Crippen molar-refractivity contribution in [2.45, 2.75) is 51.9 Å². The minimum absolute atomic E-state index is 0.0581. The SMILES string of the molecule is COc1ccc(-c2[nH]nc(NC(=O)CC(C)CN3CCC(c4ncc(-c5[nH]nc(NC(=O)CC(C)CN6CCCC6)c5F)cc4F)C3)c2F)cn1. The molecule has 51 heavy (non-hydrogen) atoms. The van der Waals surface area contributed by atoms with Crippen molar-refractivity contribution in [1.82, 2.24) is 40.2 Å². The number of anilines is 2. The number of carbonyl (C=O) groups is 2. The maximum Gasteiger partial charge on any atom is 0.225 e. The van der Waals surface area contributed by atoms with Crippen molar-refractivity contribution in [3.05, 3.63) is 53.7 Å². The van der Waals surface area contributed by atoms with E-state index >= 15 is 8.78 Å². The zero-order valence-corrected chi connectivity index (χ0v) is 28.9. The summed E-state index contributed by atoms with van der Waals surface area (Å²) in [6, 6.07) is 4.45. The highest BCUT2D eigenvalue weighted by Gasteiger charge is 2.29. The van der Waals surface area contributed by atoms with Crippen molar-refractivity contribution < 1.29 is 27.5 Å². The van der Waals surface area contributed by atoms with Crippen LogP contribution in [0.25, 0.3) is 22.5 Å². The molecule has 3 unspecified atom stereocenters. The lowest BCUT2D eigenvalue weighted by Gasteiger charge is -2.20. The van der Waals surface area contributed by atoms with Gasteiger partial charge in [-0.3, -0.25) is 24.8 Å². The van der Waals surface area contributed by atoms with Crippen molar-refractivity contribution >= 4 is 23.5 Å². The summed E-state index contributed by atoms with van der Waals surface area (Å²) in [5.74, 6) is -2.94. The number of aromatic amines is 2. The molecule has 6 heterocycles. The van der Waals surface area contributed by atoms with Crippen LogP contribution in [0.3, 0.4) is 0 Å². The summed E-state index contributed by atoms with van der Waals surface area (Å²) in [5.41, 5.74) is 0.957. The molecule has 0 spiro atoms. The van der Waals surface area contributed by atoms with Crippen LogP contribution in [0.4, 0.5) is 24.8 Å². The Bertz CT molecular complexity index is 1830. The molecule has 6 rings (SSSR count). The van der Waals surface area contributed by atoms with Crippen LogP contribution in [0, 0.1) is 29.3 Å². The number of rotatable bonds is 14. The minimum atomic E-state index is -0.778. The van der Waals surface area contributed by atoms with Gasteiger partial charge in [-0.25, -0.2) is 18.2 Å². The van der Waals surface area contributed by atoms with Gasteiger partial charge in [0, 0.05) is 68.0 Å². The number of ether oxygens (including phenoxy) is 1. The quantitative estimate of drug-likeness (QED) is 0.138. The number of pyridine rings is 2. The van der Waals surface area contributed by atoms with Crippen LogP contribution >= 0.6 is 0 Å². The van der Waals surface area contributed by atoms with E-state index in [4.69, 9.17) is 4.74 Å². The Hall–Kier alpha value is -4.83. The fourth-order valence-electron chi connectivity index (χ4n) is 6.94. The van der Waals surface area contributed by atoms with Crippen LogP contribution < -0.4 is 15.4 Å². The van der Waals surface area contributed by atoms with E-state index in [0.717, 1.165) is 19.6 Å². The molecule has 0 radical (unpaired) electrons. The maximum absolute atomic E-state index is 15.4. The third-order valence-electron chi connectivity index (χ3n) is 9.39. The summed E-state index contributed by atoms with van der Waals surface area (Å²) in [4.78, 5) is 38.2. The molecule has 4 aromatic heterocycles. The van der Waals surface area contributed by atoms with Gasteiger partial charge in [-0.05, 0) is 62.9 Å². The molecule has 0 saturated carbocycles. The largest absolute Gasteiger partial charge is 0.481 e. The first-order valence-corrected chi connectivity index (χ1v) is 17.3. The number of likely N-dealkylation sites (tertiary alicyclic amines) is 2. The van der Waals surface area contributed by atoms with E-state index in [-0.39, 0.29) is 76.7 Å². The second kappa shape index (κ2) is 16.0. The number of methoxy groups -OCH3 is 1. The molecule has 3 atom stereocenters. The molecular formula is C35H43F3N10O3.